The van der Waals surface area contributed by atoms with Crippen LogP contribution in [0.2, 0.25) is 0 Å². The van der Waals surface area contributed by atoms with Crippen LogP contribution in [0, 0.1) is 11.3 Å². The summed E-state index contributed by atoms with van der Waals surface area (Å²) in [4.78, 5) is 20.7. The molecule has 1 aliphatic rings. The van der Waals surface area contributed by atoms with Gasteiger partial charge in [0.15, 0.2) is 5.41 Å². The van der Waals surface area contributed by atoms with Crippen molar-refractivity contribution in [1.29, 1.82) is 0 Å². The Hall–Kier alpha value is -0.452. The van der Waals surface area contributed by atoms with Gasteiger partial charge < -0.3 is 21.7 Å². The number of carboxylic acids is 2. The van der Waals surface area contributed by atoms with Crippen LogP contribution in [0.1, 0.15) is 32.6 Å². The number of carbonyl (C=O) groups is 2. The molecule has 0 spiro atoms. The fourth-order valence-corrected chi connectivity index (χ4v) is 1.45. The summed E-state index contributed by atoms with van der Waals surface area (Å²) in [6.07, 6.45) is 2.31. The zero-order valence-electron chi connectivity index (χ0n) is 10.5. The van der Waals surface area contributed by atoms with Gasteiger partial charge in [0.1, 0.15) is 0 Å². The third-order valence-electron chi connectivity index (χ3n) is 3.09. The summed E-state index contributed by atoms with van der Waals surface area (Å²) in [6, 6.07) is 0. The molecule has 0 aliphatic heterocycles. The van der Waals surface area contributed by atoms with E-state index in [2.05, 4.69) is 6.92 Å². The Morgan fingerprint density at radius 1 is 1.22 bits per heavy atom. The first-order chi connectivity index (χ1) is 7.90. The second kappa shape index (κ2) is 9.47. The van der Waals surface area contributed by atoms with Crippen LogP contribution >= 0.6 is 0 Å². The number of hydrogen-bond donors (Lipinski definition) is 4. The maximum Gasteiger partial charge on any atom is 0.321 e. The summed E-state index contributed by atoms with van der Waals surface area (Å²) in [5.74, 6) is -1.80. The van der Waals surface area contributed by atoms with Crippen molar-refractivity contribution >= 4 is 11.9 Å². The zero-order valence-corrected chi connectivity index (χ0v) is 12.8. The zero-order chi connectivity index (χ0) is 13.5. The van der Waals surface area contributed by atoms with Gasteiger partial charge in [-0.3, -0.25) is 9.59 Å². The smallest absolute Gasteiger partial charge is 0.321 e. The molecule has 110 valence electrons. The molecule has 1 aliphatic carbocycles. The van der Waals surface area contributed by atoms with E-state index in [0.29, 0.717) is 12.3 Å². The quantitative estimate of drug-likeness (QED) is 0.453. The molecule has 6 nitrogen and oxygen atoms in total. The van der Waals surface area contributed by atoms with Crippen molar-refractivity contribution in [3.63, 3.8) is 0 Å². The van der Waals surface area contributed by atoms with Gasteiger partial charge in [-0.2, -0.15) is 0 Å². The number of rotatable bonds is 5. The Bertz CT molecular complexity index is 254. The van der Waals surface area contributed by atoms with E-state index < -0.39 is 17.4 Å². The molecule has 0 aromatic heterocycles. The van der Waals surface area contributed by atoms with Crippen LogP contribution in [0.3, 0.4) is 0 Å². The van der Waals surface area contributed by atoms with E-state index in [1.807, 2.05) is 0 Å². The van der Waals surface area contributed by atoms with Gasteiger partial charge in [0.2, 0.25) is 0 Å². The molecule has 0 amide bonds. The monoisotopic (exact) mass is 441 g/mol. The first-order valence-electron chi connectivity index (χ1n) is 5.77. The predicted octanol–water partition coefficient (Wildman–Crippen LogP) is 0.253. The molecule has 1 fully saturated rings. The maximum atomic E-state index is 10.4. The third-order valence-corrected chi connectivity index (χ3v) is 3.09. The minimum atomic E-state index is -1.44. The topological polar surface area (TPSA) is 127 Å². The average molecular weight is 441 g/mol. The Morgan fingerprint density at radius 2 is 1.67 bits per heavy atom. The SMILES string of the molecule is CC(CN)CCN.O=C(O)C1(C(=O)O)CCC1.[Pt]. The van der Waals surface area contributed by atoms with Crippen molar-refractivity contribution in [2.75, 3.05) is 13.1 Å². The maximum absolute atomic E-state index is 10.4. The van der Waals surface area contributed by atoms with Crippen molar-refractivity contribution in [2.45, 2.75) is 32.6 Å². The van der Waals surface area contributed by atoms with Gasteiger partial charge in [-0.25, -0.2) is 0 Å². The number of nitrogens with two attached hydrogens (primary N) is 2. The van der Waals surface area contributed by atoms with Gasteiger partial charge in [-0.1, -0.05) is 6.92 Å². The molecule has 0 aromatic carbocycles. The summed E-state index contributed by atoms with van der Waals surface area (Å²) >= 11 is 0. The molecule has 6 N–H and O–H groups in total. The van der Waals surface area contributed by atoms with Crippen LogP contribution in [-0.4, -0.2) is 35.2 Å². The minimum absolute atomic E-state index is 0. The van der Waals surface area contributed by atoms with E-state index in [1.165, 1.54) is 0 Å². The molecule has 0 heterocycles. The fourth-order valence-electron chi connectivity index (χ4n) is 1.45. The van der Waals surface area contributed by atoms with Gasteiger partial charge in [-0.15, -0.1) is 0 Å². The molecule has 0 radical (unpaired) electrons. The Balaban J connectivity index is 0. The number of aliphatic carboxylic acids is 2. The van der Waals surface area contributed by atoms with Crippen LogP contribution in [0.5, 0.6) is 0 Å². The normalized spacial score (nSPS) is 17.3. The molecule has 1 atom stereocenters. The number of hydrogen-bond acceptors (Lipinski definition) is 4. The van der Waals surface area contributed by atoms with E-state index in [1.54, 1.807) is 0 Å². The molecule has 1 unspecified atom stereocenters. The Morgan fingerprint density at radius 3 is 1.72 bits per heavy atom. The van der Waals surface area contributed by atoms with Crippen molar-refractivity contribution in [3.05, 3.63) is 0 Å². The minimum Gasteiger partial charge on any atom is -0.480 e. The molecule has 1 saturated carbocycles. The van der Waals surface area contributed by atoms with Crippen molar-refractivity contribution in [2.24, 2.45) is 22.8 Å². The van der Waals surface area contributed by atoms with Gasteiger partial charge in [0.05, 0.1) is 0 Å². The van der Waals surface area contributed by atoms with E-state index in [9.17, 15) is 9.59 Å². The first-order valence-corrected chi connectivity index (χ1v) is 5.77. The van der Waals surface area contributed by atoms with Crippen LogP contribution in [0.4, 0.5) is 0 Å². The van der Waals surface area contributed by atoms with Crippen molar-refractivity contribution in [3.8, 4) is 0 Å². The van der Waals surface area contributed by atoms with Crippen molar-refractivity contribution in [1.82, 2.24) is 0 Å². The summed E-state index contributed by atoms with van der Waals surface area (Å²) in [6.45, 7) is 3.63. The van der Waals surface area contributed by atoms with E-state index in [4.69, 9.17) is 21.7 Å². The van der Waals surface area contributed by atoms with Crippen LogP contribution in [0.25, 0.3) is 0 Å². The molecule has 0 aromatic rings. The molecule has 0 bridgehead atoms. The van der Waals surface area contributed by atoms with Crippen LogP contribution in [0.15, 0.2) is 0 Å². The van der Waals surface area contributed by atoms with Gasteiger partial charge in [0, 0.05) is 21.1 Å². The van der Waals surface area contributed by atoms with E-state index >= 15 is 0 Å². The molecule has 0 saturated heterocycles. The standard InChI is InChI=1S/C6H8O4.C5H14N2.Pt/c7-4(8)6(5(9)10)2-1-3-6;1-5(4-7)2-3-6;/h1-3H2,(H,7,8)(H,9,10);5H,2-4,6-7H2,1H3;. The molecule has 7 heteroatoms. The largest absolute Gasteiger partial charge is 0.480 e. The predicted molar refractivity (Wildman–Crippen MR) is 63.4 cm³/mol. The second-order valence-corrected chi connectivity index (χ2v) is 4.46. The van der Waals surface area contributed by atoms with Crippen molar-refractivity contribution < 1.29 is 40.9 Å². The first kappa shape index (κ1) is 19.9. The average Bonchev–Trinajstić information content (AvgIpc) is 2.15. The molecule has 18 heavy (non-hydrogen) atoms. The third kappa shape index (κ3) is 5.46. The summed E-state index contributed by atoms with van der Waals surface area (Å²) in [7, 11) is 0. The van der Waals surface area contributed by atoms with Gasteiger partial charge in [-0.05, 0) is 44.7 Å². The van der Waals surface area contributed by atoms with E-state index in [-0.39, 0.29) is 33.9 Å². The summed E-state index contributed by atoms with van der Waals surface area (Å²) in [5, 5.41) is 16.9. The fraction of sp³-hybridized carbons (Fsp3) is 0.818. The van der Waals surface area contributed by atoms with Crippen LogP contribution in [-0.2, 0) is 30.7 Å². The number of carboxylic acid groups (broad SMARTS) is 2. The second-order valence-electron chi connectivity index (χ2n) is 4.46. The van der Waals surface area contributed by atoms with Crippen LogP contribution < -0.4 is 11.5 Å². The molecule has 1 rings (SSSR count). The van der Waals surface area contributed by atoms with Gasteiger partial charge in [0.25, 0.3) is 0 Å². The summed E-state index contributed by atoms with van der Waals surface area (Å²) in [5.41, 5.74) is 9.11. The molecular formula is C11H22N2O4Pt. The Labute approximate surface area is 121 Å². The van der Waals surface area contributed by atoms with E-state index in [0.717, 1.165) is 19.5 Å². The molecular weight excluding hydrogens is 419 g/mol. The Kier molecular flexibility index (Phi) is 10.5. The van der Waals surface area contributed by atoms with Gasteiger partial charge >= 0.3 is 11.9 Å². The summed E-state index contributed by atoms with van der Waals surface area (Å²) < 4.78 is 0.